The number of ether oxygens (including phenoxy) is 1. The van der Waals surface area contributed by atoms with Gasteiger partial charge in [0.05, 0.1) is 24.9 Å². The van der Waals surface area contributed by atoms with Crippen LogP contribution < -0.4 is 16.0 Å². The molecular weight excluding hydrogens is 409 g/mol. The fraction of sp³-hybridized carbons (Fsp3) is 0.304. The Bertz CT molecular complexity index is 1200. The second kappa shape index (κ2) is 9.27. The van der Waals surface area contributed by atoms with Crippen LogP contribution in [0, 0.1) is 18.2 Å². The number of benzene rings is 1. The lowest BCUT2D eigenvalue weighted by Gasteiger charge is -2.14. The molecule has 166 valence electrons. The number of nitrogens with one attached hydrogen (secondary N) is 2. The van der Waals surface area contributed by atoms with Crippen LogP contribution in [0.25, 0.3) is 22.4 Å². The first-order valence-electron chi connectivity index (χ1n) is 10.5. The van der Waals surface area contributed by atoms with Crippen molar-refractivity contribution in [2.24, 2.45) is 4.99 Å². The number of methoxy groups -OCH3 is 1. The lowest BCUT2D eigenvalue weighted by molar-refractivity contribution is 0.386. The largest absolute Gasteiger partial charge is 0.481 e. The first-order valence-corrected chi connectivity index (χ1v) is 10.5. The number of nitrogen functional groups attached to an aromatic ring is 1. The summed E-state index contributed by atoms with van der Waals surface area (Å²) < 4.78 is 18.9. The standard InChI is InChI=1S/C23H26FN7O/c1-14-11-16(12-27-22(14)32-2)19-20(15-5-7-17(24)8-6-15)29-23(26)30-21(19)28-18(25)13-31-9-3-4-10-31/h5-8,11-12H,3-4,9-10,13H2,1-2H3,(H4,25,26,28,29,30). The Morgan fingerprint density at radius 1 is 1.25 bits per heavy atom. The van der Waals surface area contributed by atoms with Crippen molar-refractivity contribution in [3.05, 3.63) is 53.4 Å². The van der Waals surface area contributed by atoms with Crippen LogP contribution in [0.3, 0.4) is 0 Å². The average Bonchev–Trinajstić information content (AvgIpc) is 3.26. The van der Waals surface area contributed by atoms with Crippen molar-refractivity contribution in [2.45, 2.75) is 19.8 Å². The van der Waals surface area contributed by atoms with E-state index in [1.165, 1.54) is 12.1 Å². The molecular formula is C23H26FN7O. The summed E-state index contributed by atoms with van der Waals surface area (Å²) in [6, 6.07) is 7.95. The average molecular weight is 436 g/mol. The Morgan fingerprint density at radius 2 is 1.97 bits per heavy atom. The van der Waals surface area contributed by atoms with Gasteiger partial charge in [-0.15, -0.1) is 0 Å². The predicted molar refractivity (Wildman–Crippen MR) is 122 cm³/mol. The number of pyridine rings is 1. The molecule has 0 bridgehead atoms. The minimum atomic E-state index is -0.343. The Balaban J connectivity index is 1.90. The number of hydrogen-bond acceptors (Lipinski definition) is 6. The van der Waals surface area contributed by atoms with Gasteiger partial charge in [-0.1, -0.05) is 0 Å². The van der Waals surface area contributed by atoms with Crippen molar-refractivity contribution in [1.29, 1.82) is 5.41 Å². The second-order valence-corrected chi connectivity index (χ2v) is 7.79. The van der Waals surface area contributed by atoms with Crippen molar-refractivity contribution in [1.82, 2.24) is 19.9 Å². The van der Waals surface area contributed by atoms with Crippen LogP contribution in [0.4, 0.5) is 10.3 Å². The van der Waals surface area contributed by atoms with E-state index >= 15 is 0 Å². The monoisotopic (exact) mass is 435 g/mol. The summed E-state index contributed by atoms with van der Waals surface area (Å²) in [7, 11) is 1.57. The lowest BCUT2D eigenvalue weighted by atomic mass is 10.0. The van der Waals surface area contributed by atoms with Crippen LogP contribution in [-0.4, -0.2) is 52.4 Å². The molecule has 0 radical (unpaired) electrons. The molecule has 1 saturated heterocycles. The van der Waals surface area contributed by atoms with Gasteiger partial charge in [0.2, 0.25) is 5.88 Å². The van der Waals surface area contributed by atoms with Crippen molar-refractivity contribution in [3.63, 3.8) is 0 Å². The summed E-state index contributed by atoms with van der Waals surface area (Å²) in [6.45, 7) is 4.29. The summed E-state index contributed by atoms with van der Waals surface area (Å²) in [5.74, 6) is 0.548. The molecule has 0 aliphatic carbocycles. The van der Waals surface area contributed by atoms with Gasteiger partial charge in [0, 0.05) is 22.9 Å². The number of anilines is 1. The Morgan fingerprint density at radius 3 is 2.62 bits per heavy atom. The predicted octanol–water partition coefficient (Wildman–Crippen LogP) is 3.15. The number of hydrogen-bond donors (Lipinski definition) is 3. The number of amidine groups is 1. The number of aromatic nitrogens is 3. The SMILES string of the molecule is COc1ncc(-c2c(-c3ccc(F)cc3)nc(N)[nH]/c2=N\C(=N)CN2CCCC2)cc1C. The molecule has 1 aliphatic heterocycles. The normalized spacial score (nSPS) is 14.7. The molecule has 0 amide bonds. The van der Waals surface area contributed by atoms with Gasteiger partial charge in [-0.25, -0.2) is 19.4 Å². The maximum absolute atomic E-state index is 13.6. The third kappa shape index (κ3) is 4.67. The number of aryl methyl sites for hydroxylation is 1. The zero-order chi connectivity index (χ0) is 22.7. The summed E-state index contributed by atoms with van der Waals surface area (Å²) in [5, 5.41) is 8.46. The van der Waals surface area contributed by atoms with E-state index in [0.29, 0.717) is 34.7 Å². The van der Waals surface area contributed by atoms with Crippen molar-refractivity contribution < 1.29 is 9.13 Å². The molecule has 4 rings (SSSR count). The first-order chi connectivity index (χ1) is 15.4. The molecule has 3 aromatic rings. The minimum absolute atomic E-state index is 0.152. The molecule has 1 fully saturated rings. The molecule has 2 aromatic heterocycles. The molecule has 0 saturated carbocycles. The summed E-state index contributed by atoms with van der Waals surface area (Å²) in [5.41, 5.74) is 9.90. The molecule has 3 heterocycles. The highest BCUT2D eigenvalue weighted by Gasteiger charge is 2.17. The highest BCUT2D eigenvalue weighted by Crippen LogP contribution is 2.30. The van der Waals surface area contributed by atoms with Crippen LogP contribution in [0.2, 0.25) is 0 Å². The van der Waals surface area contributed by atoms with E-state index in [9.17, 15) is 4.39 Å². The van der Waals surface area contributed by atoms with Crippen LogP contribution in [0.15, 0.2) is 41.5 Å². The number of rotatable bonds is 5. The number of H-pyrrole nitrogens is 1. The van der Waals surface area contributed by atoms with Gasteiger partial charge >= 0.3 is 0 Å². The molecule has 1 aromatic carbocycles. The van der Waals surface area contributed by atoms with E-state index in [4.69, 9.17) is 15.9 Å². The molecule has 0 unspecified atom stereocenters. The van der Waals surface area contributed by atoms with Gasteiger partial charge in [-0.2, -0.15) is 0 Å². The highest BCUT2D eigenvalue weighted by atomic mass is 19.1. The zero-order valence-corrected chi connectivity index (χ0v) is 18.2. The Kier molecular flexibility index (Phi) is 6.27. The topological polar surface area (TPSA) is 116 Å². The fourth-order valence-electron chi connectivity index (χ4n) is 3.91. The Labute approximate surface area is 185 Å². The van der Waals surface area contributed by atoms with E-state index in [2.05, 4.69) is 24.8 Å². The van der Waals surface area contributed by atoms with E-state index in [0.717, 1.165) is 37.1 Å². The second-order valence-electron chi connectivity index (χ2n) is 7.79. The van der Waals surface area contributed by atoms with Gasteiger partial charge in [-0.05, 0) is 63.2 Å². The summed E-state index contributed by atoms with van der Waals surface area (Å²) >= 11 is 0. The number of nitrogens with zero attached hydrogens (tertiary/aromatic N) is 4. The van der Waals surface area contributed by atoms with Crippen molar-refractivity contribution in [3.8, 4) is 28.3 Å². The highest BCUT2D eigenvalue weighted by molar-refractivity contribution is 5.85. The molecule has 9 heteroatoms. The van der Waals surface area contributed by atoms with Crippen LogP contribution in [0.5, 0.6) is 5.88 Å². The molecule has 0 spiro atoms. The lowest BCUT2D eigenvalue weighted by Crippen LogP contribution is -2.28. The van der Waals surface area contributed by atoms with Gasteiger partial charge in [0.25, 0.3) is 0 Å². The van der Waals surface area contributed by atoms with E-state index in [-0.39, 0.29) is 17.6 Å². The van der Waals surface area contributed by atoms with Gasteiger partial charge in [0.1, 0.15) is 17.1 Å². The molecule has 1 aliphatic rings. The van der Waals surface area contributed by atoms with Crippen molar-refractivity contribution in [2.75, 3.05) is 32.5 Å². The Hall–Kier alpha value is -3.59. The molecule has 4 N–H and O–H groups in total. The van der Waals surface area contributed by atoms with Crippen LogP contribution in [0.1, 0.15) is 18.4 Å². The number of halogens is 1. The smallest absolute Gasteiger partial charge is 0.215 e. The first kappa shape index (κ1) is 21.6. The number of nitrogens with two attached hydrogens (primary N) is 1. The van der Waals surface area contributed by atoms with Crippen LogP contribution in [-0.2, 0) is 0 Å². The van der Waals surface area contributed by atoms with Crippen LogP contribution >= 0.6 is 0 Å². The number of aromatic amines is 1. The quantitative estimate of drug-likeness (QED) is 0.421. The van der Waals surface area contributed by atoms with E-state index < -0.39 is 0 Å². The van der Waals surface area contributed by atoms with Gasteiger partial charge in [-0.3, -0.25) is 10.3 Å². The van der Waals surface area contributed by atoms with E-state index in [1.54, 1.807) is 25.4 Å². The molecule has 0 atom stereocenters. The molecule has 32 heavy (non-hydrogen) atoms. The third-order valence-electron chi connectivity index (χ3n) is 5.40. The third-order valence-corrected chi connectivity index (χ3v) is 5.40. The fourth-order valence-corrected chi connectivity index (χ4v) is 3.91. The molecule has 8 nitrogen and oxygen atoms in total. The van der Waals surface area contributed by atoms with Crippen molar-refractivity contribution >= 4 is 11.8 Å². The van der Waals surface area contributed by atoms with E-state index in [1.807, 2.05) is 13.0 Å². The summed E-state index contributed by atoms with van der Waals surface area (Å²) in [6.07, 6.45) is 3.94. The maximum Gasteiger partial charge on any atom is 0.215 e. The summed E-state index contributed by atoms with van der Waals surface area (Å²) in [4.78, 5) is 18.7. The maximum atomic E-state index is 13.6. The van der Waals surface area contributed by atoms with Gasteiger partial charge in [0.15, 0.2) is 5.95 Å². The zero-order valence-electron chi connectivity index (χ0n) is 18.2. The number of likely N-dealkylation sites (tertiary alicyclic amines) is 1. The van der Waals surface area contributed by atoms with Gasteiger partial charge < -0.3 is 15.5 Å². The minimum Gasteiger partial charge on any atom is -0.481 e.